The van der Waals surface area contributed by atoms with Gasteiger partial charge in [-0.1, -0.05) is 0 Å². The van der Waals surface area contributed by atoms with Crippen LogP contribution in [0.1, 0.15) is 25.1 Å². The van der Waals surface area contributed by atoms with Gasteiger partial charge in [0.25, 0.3) is 0 Å². The van der Waals surface area contributed by atoms with E-state index in [4.69, 9.17) is 5.73 Å². The van der Waals surface area contributed by atoms with E-state index in [-0.39, 0.29) is 0 Å². The van der Waals surface area contributed by atoms with E-state index in [1.807, 2.05) is 6.20 Å². The van der Waals surface area contributed by atoms with Crippen molar-refractivity contribution < 1.29 is 0 Å². The van der Waals surface area contributed by atoms with Gasteiger partial charge in [-0.25, -0.2) is 9.97 Å². The first kappa shape index (κ1) is 12.3. The van der Waals surface area contributed by atoms with Crippen LogP contribution in [0.2, 0.25) is 0 Å². The van der Waals surface area contributed by atoms with Crippen molar-refractivity contribution in [2.24, 2.45) is 5.73 Å². The molecule has 3 N–H and O–H groups in total. The van der Waals surface area contributed by atoms with Crippen LogP contribution in [-0.4, -0.2) is 40.5 Å². The van der Waals surface area contributed by atoms with E-state index >= 15 is 0 Å². The molecule has 2 heterocycles. The van der Waals surface area contributed by atoms with Crippen molar-refractivity contribution in [2.75, 3.05) is 25.0 Å². The summed E-state index contributed by atoms with van der Waals surface area (Å²) in [6, 6.07) is 0.582. The Labute approximate surface area is 102 Å². The minimum Gasteiger partial charge on any atom is -0.353 e. The Morgan fingerprint density at radius 3 is 3.06 bits per heavy atom. The Bertz CT molecular complexity index is 377. The van der Waals surface area contributed by atoms with Crippen LogP contribution < -0.4 is 11.1 Å². The summed E-state index contributed by atoms with van der Waals surface area (Å²) >= 11 is 0. The lowest BCUT2D eigenvalue weighted by molar-refractivity contribution is 0.201. The maximum Gasteiger partial charge on any atom is 0.222 e. The molecule has 0 radical (unpaired) electrons. The first-order chi connectivity index (χ1) is 8.20. The number of hydrogen-bond acceptors (Lipinski definition) is 5. The molecule has 0 aliphatic carbocycles. The van der Waals surface area contributed by atoms with Gasteiger partial charge in [0.2, 0.25) is 5.95 Å². The minimum atomic E-state index is 0.582. The van der Waals surface area contributed by atoms with Gasteiger partial charge in [0.15, 0.2) is 0 Å². The molecule has 1 aromatic rings. The molecule has 1 aliphatic rings. The zero-order chi connectivity index (χ0) is 12.3. The highest BCUT2D eigenvalue weighted by Crippen LogP contribution is 2.19. The van der Waals surface area contributed by atoms with Crippen LogP contribution >= 0.6 is 0 Å². The van der Waals surface area contributed by atoms with Crippen molar-refractivity contribution in [3.05, 3.63) is 17.5 Å². The molecule has 94 valence electrons. The number of fused-ring (bicyclic) bond motifs is 1. The second-order valence-corrected chi connectivity index (χ2v) is 4.70. The molecule has 0 fully saturated rings. The first-order valence-corrected chi connectivity index (χ1v) is 6.23. The van der Waals surface area contributed by atoms with Crippen LogP contribution in [-0.2, 0) is 13.0 Å². The Balaban J connectivity index is 2.08. The number of hydrogen-bond donors (Lipinski definition) is 2. The first-order valence-electron chi connectivity index (χ1n) is 6.23. The highest BCUT2D eigenvalue weighted by Gasteiger charge is 2.19. The largest absolute Gasteiger partial charge is 0.353 e. The predicted octanol–water partition coefficient (Wildman–Crippen LogP) is 0.614. The summed E-state index contributed by atoms with van der Waals surface area (Å²) in [5.74, 6) is 0.701. The molecule has 0 spiro atoms. The Morgan fingerprint density at radius 1 is 1.53 bits per heavy atom. The van der Waals surface area contributed by atoms with Crippen LogP contribution in [0.3, 0.4) is 0 Å². The molecular formula is C12H21N5. The van der Waals surface area contributed by atoms with E-state index < -0.39 is 0 Å². The number of aromatic nitrogens is 2. The number of rotatable bonds is 4. The summed E-state index contributed by atoms with van der Waals surface area (Å²) in [7, 11) is 0. The zero-order valence-electron chi connectivity index (χ0n) is 10.6. The van der Waals surface area contributed by atoms with Gasteiger partial charge in [0, 0.05) is 50.4 Å². The smallest absolute Gasteiger partial charge is 0.222 e. The van der Waals surface area contributed by atoms with Gasteiger partial charge in [0.05, 0.1) is 5.69 Å². The van der Waals surface area contributed by atoms with Gasteiger partial charge >= 0.3 is 0 Å². The fourth-order valence-corrected chi connectivity index (χ4v) is 2.05. The van der Waals surface area contributed by atoms with Gasteiger partial charge in [-0.05, 0) is 13.8 Å². The lowest BCUT2D eigenvalue weighted by Gasteiger charge is -2.31. The lowest BCUT2D eigenvalue weighted by atomic mass is 10.1. The number of anilines is 1. The molecular weight excluding hydrogens is 214 g/mol. The summed E-state index contributed by atoms with van der Waals surface area (Å²) in [5, 5.41) is 3.12. The molecule has 0 saturated heterocycles. The standard InChI is InChI=1S/C12H21N5/c1-9(2)17-6-3-11-10(8-17)7-15-12(16-11)14-5-4-13/h7,9H,3-6,8,13H2,1-2H3,(H,14,15,16). The fourth-order valence-electron chi connectivity index (χ4n) is 2.05. The maximum atomic E-state index is 5.44. The van der Waals surface area contributed by atoms with E-state index in [0.29, 0.717) is 18.5 Å². The predicted molar refractivity (Wildman–Crippen MR) is 68.8 cm³/mol. The summed E-state index contributed by atoms with van der Waals surface area (Å²) in [5.41, 5.74) is 7.87. The number of nitrogens with zero attached hydrogens (tertiary/aromatic N) is 3. The quantitative estimate of drug-likeness (QED) is 0.800. The Kier molecular flexibility index (Phi) is 3.91. The third kappa shape index (κ3) is 2.92. The van der Waals surface area contributed by atoms with Gasteiger partial charge in [-0.15, -0.1) is 0 Å². The molecule has 17 heavy (non-hydrogen) atoms. The highest BCUT2D eigenvalue weighted by atomic mass is 15.2. The monoisotopic (exact) mass is 235 g/mol. The van der Waals surface area contributed by atoms with Crippen LogP contribution in [0, 0.1) is 0 Å². The molecule has 0 amide bonds. The van der Waals surface area contributed by atoms with Crippen LogP contribution in [0.5, 0.6) is 0 Å². The maximum absolute atomic E-state index is 5.44. The molecule has 0 bridgehead atoms. The molecule has 2 rings (SSSR count). The van der Waals surface area contributed by atoms with Crippen molar-refractivity contribution in [2.45, 2.75) is 32.9 Å². The van der Waals surface area contributed by atoms with Crippen molar-refractivity contribution in [3.8, 4) is 0 Å². The second-order valence-electron chi connectivity index (χ2n) is 4.70. The Hall–Kier alpha value is -1.20. The summed E-state index contributed by atoms with van der Waals surface area (Å²) in [6.07, 6.45) is 2.95. The van der Waals surface area contributed by atoms with E-state index in [9.17, 15) is 0 Å². The molecule has 0 aromatic carbocycles. The van der Waals surface area contributed by atoms with E-state index in [1.54, 1.807) is 0 Å². The zero-order valence-corrected chi connectivity index (χ0v) is 10.6. The highest BCUT2D eigenvalue weighted by molar-refractivity contribution is 5.31. The van der Waals surface area contributed by atoms with E-state index in [1.165, 1.54) is 11.3 Å². The molecule has 5 nitrogen and oxygen atoms in total. The normalized spacial score (nSPS) is 16.0. The van der Waals surface area contributed by atoms with Crippen LogP contribution in [0.4, 0.5) is 5.95 Å². The van der Waals surface area contributed by atoms with E-state index in [2.05, 4.69) is 34.0 Å². The van der Waals surface area contributed by atoms with Crippen LogP contribution in [0.25, 0.3) is 0 Å². The number of nitrogens with one attached hydrogen (secondary N) is 1. The second kappa shape index (κ2) is 5.42. The topological polar surface area (TPSA) is 67.1 Å². The van der Waals surface area contributed by atoms with Crippen molar-refractivity contribution >= 4 is 5.95 Å². The summed E-state index contributed by atoms with van der Waals surface area (Å²) in [4.78, 5) is 11.3. The minimum absolute atomic E-state index is 0.582. The molecule has 0 saturated carbocycles. The summed E-state index contributed by atoms with van der Waals surface area (Å²) in [6.45, 7) is 7.81. The van der Waals surface area contributed by atoms with Crippen molar-refractivity contribution in [1.29, 1.82) is 0 Å². The molecule has 0 unspecified atom stereocenters. The third-order valence-corrected chi connectivity index (χ3v) is 3.12. The Morgan fingerprint density at radius 2 is 2.35 bits per heavy atom. The molecule has 1 aromatic heterocycles. The van der Waals surface area contributed by atoms with Crippen molar-refractivity contribution in [3.63, 3.8) is 0 Å². The molecule has 1 aliphatic heterocycles. The van der Waals surface area contributed by atoms with E-state index in [0.717, 1.165) is 26.1 Å². The fraction of sp³-hybridized carbons (Fsp3) is 0.667. The third-order valence-electron chi connectivity index (χ3n) is 3.12. The van der Waals surface area contributed by atoms with Crippen LogP contribution in [0.15, 0.2) is 6.20 Å². The van der Waals surface area contributed by atoms with Gasteiger partial charge in [-0.2, -0.15) is 0 Å². The van der Waals surface area contributed by atoms with Gasteiger partial charge < -0.3 is 11.1 Å². The average Bonchev–Trinajstić information content (AvgIpc) is 2.35. The SMILES string of the molecule is CC(C)N1CCc2nc(NCCN)ncc2C1. The van der Waals surface area contributed by atoms with Gasteiger partial charge in [0.1, 0.15) is 0 Å². The van der Waals surface area contributed by atoms with Gasteiger partial charge in [-0.3, -0.25) is 4.90 Å². The molecule has 5 heteroatoms. The van der Waals surface area contributed by atoms with Crippen molar-refractivity contribution in [1.82, 2.24) is 14.9 Å². The molecule has 0 atom stereocenters. The lowest BCUT2D eigenvalue weighted by Crippen LogP contribution is -2.36. The average molecular weight is 235 g/mol. The summed E-state index contributed by atoms with van der Waals surface area (Å²) < 4.78 is 0. The number of nitrogens with two attached hydrogens (primary N) is 1.